The zero-order valence-electron chi connectivity index (χ0n) is 59.4. The predicted molar refractivity (Wildman–Crippen MR) is 399 cm³/mol. The minimum Gasteiger partial charge on any atom is -0.309 e. The van der Waals surface area contributed by atoms with Gasteiger partial charge in [-0.25, -0.2) is 0 Å². The minimum atomic E-state index is -0.152. The van der Waals surface area contributed by atoms with E-state index >= 15 is 0 Å². The lowest BCUT2D eigenvalue weighted by Crippen LogP contribution is -2.20. The summed E-state index contributed by atoms with van der Waals surface area (Å²) in [5.41, 5.74) is 22.4. The molecular formula is C86H101ClN4. The molecule has 0 spiro atoms. The van der Waals surface area contributed by atoms with Crippen LogP contribution in [0.2, 0.25) is 5.02 Å². The van der Waals surface area contributed by atoms with Crippen molar-refractivity contribution < 1.29 is 0 Å². The summed E-state index contributed by atoms with van der Waals surface area (Å²) >= 11 is 8.52. The van der Waals surface area contributed by atoms with Gasteiger partial charge in [-0.05, 0) is 209 Å². The second-order valence-corrected chi connectivity index (χ2v) is 34.8. The molecule has 0 aliphatic rings. The van der Waals surface area contributed by atoms with E-state index in [1.54, 1.807) is 0 Å². The van der Waals surface area contributed by atoms with Crippen LogP contribution < -0.4 is 9.80 Å². The number of aromatic nitrogens is 2. The van der Waals surface area contributed by atoms with Gasteiger partial charge in [-0.1, -0.05) is 232 Å². The predicted octanol–water partition coefficient (Wildman–Crippen LogP) is 25.9. The first kappa shape index (κ1) is 65.0. The zero-order valence-corrected chi connectivity index (χ0v) is 60.2. The van der Waals surface area contributed by atoms with Gasteiger partial charge in [-0.15, -0.1) is 0 Å². The zero-order chi connectivity index (χ0) is 66.2. The topological polar surface area (TPSA) is 16.3 Å². The molecule has 4 nitrogen and oxygen atoms in total. The quantitative estimate of drug-likeness (QED) is 0.151. The van der Waals surface area contributed by atoms with Crippen molar-refractivity contribution in [3.8, 4) is 11.4 Å². The Morgan fingerprint density at radius 2 is 0.484 bits per heavy atom. The minimum absolute atomic E-state index is 0.0194. The summed E-state index contributed by atoms with van der Waals surface area (Å²) in [5.74, 6) is 0. The highest BCUT2D eigenvalue weighted by Crippen LogP contribution is 2.51. The average Bonchev–Trinajstić information content (AvgIpc) is 1.65. The molecule has 0 amide bonds. The first-order valence-corrected chi connectivity index (χ1v) is 33.6. The van der Waals surface area contributed by atoms with E-state index in [2.05, 4.69) is 361 Å². The van der Waals surface area contributed by atoms with Crippen molar-refractivity contribution in [3.05, 3.63) is 225 Å². The van der Waals surface area contributed by atoms with Crippen molar-refractivity contribution in [2.24, 2.45) is 0 Å². The number of fused-ring (bicyclic) bond motifs is 6. The summed E-state index contributed by atoms with van der Waals surface area (Å²) < 4.78 is 4.95. The van der Waals surface area contributed by atoms with Crippen LogP contribution >= 0.6 is 11.6 Å². The Hall–Kier alpha value is -7.53. The summed E-state index contributed by atoms with van der Waals surface area (Å²) in [4.78, 5) is 4.86. The molecule has 0 saturated carbocycles. The van der Waals surface area contributed by atoms with E-state index < -0.39 is 0 Å². The lowest BCUT2D eigenvalue weighted by molar-refractivity contribution is 0.568. The molecule has 0 atom stereocenters. The highest BCUT2D eigenvalue weighted by molar-refractivity contribution is 6.36. The number of hydrogen-bond donors (Lipinski definition) is 0. The molecule has 91 heavy (non-hydrogen) atoms. The Kier molecular flexibility index (Phi) is 16.0. The van der Waals surface area contributed by atoms with Crippen LogP contribution in [0.25, 0.3) is 55.0 Å². The molecule has 0 bridgehead atoms. The largest absolute Gasteiger partial charge is 0.309 e. The van der Waals surface area contributed by atoms with Gasteiger partial charge in [0.15, 0.2) is 0 Å². The molecule has 0 saturated heterocycles. The lowest BCUT2D eigenvalue weighted by Gasteiger charge is -2.34. The van der Waals surface area contributed by atoms with Gasteiger partial charge in [0, 0.05) is 55.7 Å². The van der Waals surface area contributed by atoms with Crippen LogP contribution in [0.4, 0.5) is 34.1 Å². The normalized spacial score (nSPS) is 13.3. The van der Waals surface area contributed by atoms with E-state index in [0.717, 1.165) is 45.5 Å². The van der Waals surface area contributed by atoms with E-state index in [0.29, 0.717) is 5.02 Å². The maximum Gasteiger partial charge on any atom is 0.0887 e. The Labute approximate surface area is 551 Å². The smallest absolute Gasteiger partial charge is 0.0887 e. The number of nitrogens with zero attached hydrogens (tertiary/aromatic N) is 4. The van der Waals surface area contributed by atoms with Crippen LogP contribution in [0, 0.1) is 0 Å². The van der Waals surface area contributed by atoms with Crippen LogP contribution in [0.15, 0.2) is 176 Å². The molecule has 5 heteroatoms. The molecule has 11 rings (SSSR count). The molecule has 9 aromatic carbocycles. The van der Waals surface area contributed by atoms with Gasteiger partial charge in [-0.2, -0.15) is 0 Å². The summed E-state index contributed by atoms with van der Waals surface area (Å²) in [6.45, 7) is 55.6. The first-order valence-electron chi connectivity index (χ1n) is 33.2. The lowest BCUT2D eigenvalue weighted by atomic mass is 9.80. The average molecular weight is 1230 g/mol. The van der Waals surface area contributed by atoms with Gasteiger partial charge in [0.1, 0.15) is 0 Å². The fourth-order valence-electron chi connectivity index (χ4n) is 12.9. The number of hydrogen-bond acceptors (Lipinski definition) is 2. The molecular weight excluding hydrogens is 1120 g/mol. The van der Waals surface area contributed by atoms with E-state index in [1.165, 1.54) is 88.1 Å². The standard InChI is InChI=1S/C86H101ClN4/c1-79(2,3)54-34-38-72-68(48-54)69-49-55(80(4,5)6)35-39-73(69)90(72)64-30-25-28-62(52-64)88(66-44-58(83(13,14)15)42-59(45-66)84(16,17)18)76-32-27-33-77(78(76)87)89(67-46-60(85(19,20)21)43-61(47-67)86(22,23)24)63-29-26-31-65(53-63)91-74-40-36-56(81(7,8)9)50-70(74)71-51-57(82(10,11)12)37-41-75(71)91/h25-53H,1-24H3. The summed E-state index contributed by atoms with van der Waals surface area (Å²) in [6.07, 6.45) is 0. The fraction of sp³-hybridized carbons (Fsp3) is 0.372. The van der Waals surface area contributed by atoms with Crippen LogP contribution in [-0.2, 0) is 43.3 Å². The van der Waals surface area contributed by atoms with Gasteiger partial charge >= 0.3 is 0 Å². The number of benzene rings is 9. The SMILES string of the molecule is CC(C)(C)c1cc(N(c2cccc(-n3c4ccc(C(C)(C)C)cc4c4cc(C(C)(C)C)ccc43)c2)c2cccc(N(c3cccc(-n4c5ccc(C(C)(C)C)cc5c5cc(C(C)(C)C)ccc54)c3)c3cc(C(C)(C)C)cc(C(C)(C)C)c3)c2Cl)cc(C(C)(C)C)c1. The monoisotopic (exact) mass is 1220 g/mol. The molecule has 472 valence electrons. The van der Waals surface area contributed by atoms with Gasteiger partial charge in [0.2, 0.25) is 0 Å². The molecule has 0 fully saturated rings. The second-order valence-electron chi connectivity index (χ2n) is 34.5. The van der Waals surface area contributed by atoms with Gasteiger partial charge in [0.25, 0.3) is 0 Å². The van der Waals surface area contributed by atoms with Gasteiger partial charge in [0.05, 0.1) is 38.5 Å². The number of halogens is 1. The second kappa shape index (κ2) is 22.4. The van der Waals surface area contributed by atoms with Crippen molar-refractivity contribution in [2.45, 2.75) is 209 Å². The van der Waals surface area contributed by atoms with Crippen LogP contribution in [0.1, 0.15) is 211 Å². The summed E-state index contributed by atoms with van der Waals surface area (Å²) in [5, 5.41) is 5.68. The van der Waals surface area contributed by atoms with Crippen molar-refractivity contribution >= 4 is 89.3 Å². The number of anilines is 6. The number of rotatable bonds is 8. The highest BCUT2D eigenvalue weighted by atomic mass is 35.5. The van der Waals surface area contributed by atoms with E-state index in [9.17, 15) is 0 Å². The van der Waals surface area contributed by atoms with Crippen LogP contribution in [0.3, 0.4) is 0 Å². The van der Waals surface area contributed by atoms with E-state index in [1.807, 2.05) is 0 Å². The fourth-order valence-corrected chi connectivity index (χ4v) is 13.2. The summed E-state index contributed by atoms with van der Waals surface area (Å²) in [7, 11) is 0. The van der Waals surface area contributed by atoms with Crippen molar-refractivity contribution in [3.63, 3.8) is 0 Å². The molecule has 2 heterocycles. The third-order valence-electron chi connectivity index (χ3n) is 18.9. The van der Waals surface area contributed by atoms with Gasteiger partial charge < -0.3 is 18.9 Å². The van der Waals surface area contributed by atoms with Crippen LogP contribution in [-0.4, -0.2) is 9.13 Å². The van der Waals surface area contributed by atoms with E-state index in [4.69, 9.17) is 11.6 Å². The molecule has 0 radical (unpaired) electrons. The van der Waals surface area contributed by atoms with Crippen LogP contribution in [0.5, 0.6) is 0 Å². The third-order valence-corrected chi connectivity index (χ3v) is 19.3. The van der Waals surface area contributed by atoms with E-state index in [-0.39, 0.29) is 43.3 Å². The molecule has 0 aliphatic carbocycles. The molecule has 0 N–H and O–H groups in total. The first-order chi connectivity index (χ1) is 42.1. The molecule has 11 aromatic rings. The molecule has 0 unspecified atom stereocenters. The van der Waals surface area contributed by atoms with Gasteiger partial charge in [-0.3, -0.25) is 0 Å². The maximum atomic E-state index is 8.52. The Balaban J connectivity index is 1.20. The molecule has 0 aliphatic heterocycles. The Morgan fingerprint density at radius 3 is 0.725 bits per heavy atom. The Bertz CT molecular complexity index is 4120. The maximum absolute atomic E-state index is 8.52. The Morgan fingerprint density at radius 1 is 0.242 bits per heavy atom. The molecule has 2 aromatic heterocycles. The van der Waals surface area contributed by atoms with Crippen molar-refractivity contribution in [1.82, 2.24) is 9.13 Å². The van der Waals surface area contributed by atoms with Crippen molar-refractivity contribution in [2.75, 3.05) is 9.80 Å². The third kappa shape index (κ3) is 12.5. The highest BCUT2D eigenvalue weighted by Gasteiger charge is 2.31. The summed E-state index contributed by atoms with van der Waals surface area (Å²) in [6, 6.07) is 67.8. The van der Waals surface area contributed by atoms with Crippen molar-refractivity contribution in [1.29, 1.82) is 0 Å².